The fraction of sp³-hybridized carbons (Fsp3) is 0.700. The van der Waals surface area contributed by atoms with E-state index < -0.39 is 6.04 Å². The van der Waals surface area contributed by atoms with E-state index in [1.165, 1.54) is 0 Å². The van der Waals surface area contributed by atoms with Crippen LogP contribution in [0.2, 0.25) is 0 Å². The van der Waals surface area contributed by atoms with Crippen LogP contribution in [0.25, 0.3) is 0 Å². The minimum Gasteiger partial charge on any atom is -0.339 e. The monoisotopic (exact) mass is 195 g/mol. The van der Waals surface area contributed by atoms with E-state index in [1.54, 1.807) is 11.8 Å². The molecule has 4 nitrogen and oxygen atoms in total. The number of carbonyl (C=O) groups is 1. The minimum atomic E-state index is -0.394. The van der Waals surface area contributed by atoms with E-state index in [-0.39, 0.29) is 5.91 Å². The normalized spacial score (nSPS) is 20.2. The van der Waals surface area contributed by atoms with Crippen molar-refractivity contribution in [2.45, 2.75) is 13.0 Å². The predicted octanol–water partition coefficient (Wildman–Crippen LogP) is -0.889. The Kier molecular flexibility index (Phi) is 3.93. The lowest BCUT2D eigenvalue weighted by Gasteiger charge is -2.34. The van der Waals surface area contributed by atoms with Gasteiger partial charge in [-0.15, -0.1) is 6.42 Å². The van der Waals surface area contributed by atoms with Crippen LogP contribution in [0.5, 0.6) is 0 Å². The van der Waals surface area contributed by atoms with E-state index in [4.69, 9.17) is 12.2 Å². The number of rotatable bonds is 2. The van der Waals surface area contributed by atoms with Gasteiger partial charge in [-0.25, -0.2) is 0 Å². The molecule has 4 heteroatoms. The second-order valence-corrected chi connectivity index (χ2v) is 3.59. The van der Waals surface area contributed by atoms with Gasteiger partial charge in [0, 0.05) is 26.2 Å². The average Bonchev–Trinajstić information content (AvgIpc) is 2.18. The molecule has 0 spiro atoms. The lowest BCUT2D eigenvalue weighted by molar-refractivity contribution is -0.133. The number of piperazine rings is 1. The first-order chi connectivity index (χ1) is 6.65. The number of hydrogen-bond donors (Lipinski definition) is 1. The van der Waals surface area contributed by atoms with Gasteiger partial charge < -0.3 is 10.6 Å². The molecule has 0 unspecified atom stereocenters. The summed E-state index contributed by atoms with van der Waals surface area (Å²) >= 11 is 0. The Hall–Kier alpha value is -1.05. The fourth-order valence-electron chi connectivity index (χ4n) is 1.54. The van der Waals surface area contributed by atoms with Crippen molar-refractivity contribution in [1.82, 2.24) is 9.80 Å². The lowest BCUT2D eigenvalue weighted by Crippen LogP contribution is -2.52. The van der Waals surface area contributed by atoms with Gasteiger partial charge in [-0.2, -0.15) is 0 Å². The third-order valence-electron chi connectivity index (χ3n) is 2.39. The van der Waals surface area contributed by atoms with Gasteiger partial charge in [-0.1, -0.05) is 5.92 Å². The molecule has 0 aromatic heterocycles. The van der Waals surface area contributed by atoms with Gasteiger partial charge in [-0.05, 0) is 6.92 Å². The number of amides is 1. The van der Waals surface area contributed by atoms with E-state index in [1.807, 2.05) is 0 Å². The molecule has 1 fully saturated rings. The fourth-order valence-corrected chi connectivity index (χ4v) is 1.54. The van der Waals surface area contributed by atoms with Crippen LogP contribution in [0.3, 0.4) is 0 Å². The SMILES string of the molecule is C#CCN1CCN(C(=O)[C@H](C)N)CC1. The lowest BCUT2D eigenvalue weighted by atomic mass is 10.2. The standard InChI is InChI=1S/C10H17N3O/c1-3-4-12-5-7-13(8-6-12)10(14)9(2)11/h1,9H,4-8,11H2,2H3/t9-/m0/s1. The first-order valence-corrected chi connectivity index (χ1v) is 4.85. The summed E-state index contributed by atoms with van der Waals surface area (Å²) in [5.74, 6) is 2.63. The second kappa shape index (κ2) is 4.99. The van der Waals surface area contributed by atoms with Crippen LogP contribution >= 0.6 is 0 Å². The van der Waals surface area contributed by atoms with E-state index in [0.29, 0.717) is 6.54 Å². The summed E-state index contributed by atoms with van der Waals surface area (Å²) in [4.78, 5) is 15.5. The molecule has 0 saturated carbocycles. The maximum atomic E-state index is 11.5. The highest BCUT2D eigenvalue weighted by atomic mass is 16.2. The molecule has 0 radical (unpaired) electrons. The third-order valence-corrected chi connectivity index (χ3v) is 2.39. The number of carbonyl (C=O) groups excluding carboxylic acids is 1. The molecule has 78 valence electrons. The molecular weight excluding hydrogens is 178 g/mol. The van der Waals surface area contributed by atoms with Gasteiger partial charge >= 0.3 is 0 Å². The topological polar surface area (TPSA) is 49.6 Å². The quantitative estimate of drug-likeness (QED) is 0.582. The van der Waals surface area contributed by atoms with Crippen molar-refractivity contribution in [2.75, 3.05) is 32.7 Å². The van der Waals surface area contributed by atoms with Crippen molar-refractivity contribution in [2.24, 2.45) is 5.73 Å². The van der Waals surface area contributed by atoms with E-state index in [0.717, 1.165) is 26.2 Å². The Morgan fingerprint density at radius 2 is 2.07 bits per heavy atom. The van der Waals surface area contributed by atoms with Crippen molar-refractivity contribution >= 4 is 5.91 Å². The summed E-state index contributed by atoms with van der Waals surface area (Å²) in [5, 5.41) is 0. The van der Waals surface area contributed by atoms with Crippen molar-refractivity contribution < 1.29 is 4.79 Å². The van der Waals surface area contributed by atoms with Crippen LogP contribution in [0.1, 0.15) is 6.92 Å². The first-order valence-electron chi connectivity index (χ1n) is 4.85. The molecule has 1 heterocycles. The molecule has 1 amide bonds. The van der Waals surface area contributed by atoms with Crippen LogP contribution < -0.4 is 5.73 Å². The molecule has 1 atom stereocenters. The Labute approximate surface area is 85.0 Å². The van der Waals surface area contributed by atoms with E-state index in [2.05, 4.69) is 10.8 Å². The molecule has 0 aromatic carbocycles. The van der Waals surface area contributed by atoms with E-state index in [9.17, 15) is 4.79 Å². The summed E-state index contributed by atoms with van der Waals surface area (Å²) in [6.45, 7) is 5.56. The summed E-state index contributed by atoms with van der Waals surface area (Å²) in [6.07, 6.45) is 5.21. The summed E-state index contributed by atoms with van der Waals surface area (Å²) in [7, 11) is 0. The highest BCUT2D eigenvalue weighted by Crippen LogP contribution is 2.02. The first kappa shape index (κ1) is 11.0. The van der Waals surface area contributed by atoms with Crippen LogP contribution in [0.15, 0.2) is 0 Å². The van der Waals surface area contributed by atoms with Gasteiger partial charge in [0.1, 0.15) is 0 Å². The number of nitrogens with two attached hydrogens (primary N) is 1. The zero-order valence-corrected chi connectivity index (χ0v) is 8.57. The maximum Gasteiger partial charge on any atom is 0.239 e. The molecular formula is C10H17N3O. The smallest absolute Gasteiger partial charge is 0.239 e. The number of nitrogens with zero attached hydrogens (tertiary/aromatic N) is 2. The van der Waals surface area contributed by atoms with E-state index >= 15 is 0 Å². The maximum absolute atomic E-state index is 11.5. The van der Waals surface area contributed by atoms with Crippen molar-refractivity contribution in [3.63, 3.8) is 0 Å². The highest BCUT2D eigenvalue weighted by molar-refractivity contribution is 5.81. The van der Waals surface area contributed by atoms with Crippen molar-refractivity contribution in [3.05, 3.63) is 0 Å². The van der Waals surface area contributed by atoms with Gasteiger partial charge in [0.2, 0.25) is 5.91 Å². The van der Waals surface area contributed by atoms with Gasteiger partial charge in [0.25, 0.3) is 0 Å². The van der Waals surface area contributed by atoms with Crippen LogP contribution in [-0.2, 0) is 4.79 Å². The van der Waals surface area contributed by atoms with Gasteiger partial charge in [-0.3, -0.25) is 9.69 Å². The number of hydrogen-bond acceptors (Lipinski definition) is 3. The molecule has 0 aromatic rings. The van der Waals surface area contributed by atoms with Crippen LogP contribution in [0.4, 0.5) is 0 Å². The molecule has 14 heavy (non-hydrogen) atoms. The molecule has 1 saturated heterocycles. The minimum absolute atomic E-state index is 0.0327. The molecule has 0 bridgehead atoms. The van der Waals surface area contributed by atoms with Gasteiger partial charge in [0.15, 0.2) is 0 Å². The Morgan fingerprint density at radius 1 is 1.50 bits per heavy atom. The molecule has 0 aliphatic carbocycles. The largest absolute Gasteiger partial charge is 0.339 e. The second-order valence-electron chi connectivity index (χ2n) is 3.59. The average molecular weight is 195 g/mol. The zero-order chi connectivity index (χ0) is 10.6. The predicted molar refractivity (Wildman–Crippen MR) is 55.5 cm³/mol. The van der Waals surface area contributed by atoms with Crippen molar-refractivity contribution in [1.29, 1.82) is 0 Å². The molecule has 1 aliphatic heterocycles. The zero-order valence-electron chi connectivity index (χ0n) is 8.57. The Morgan fingerprint density at radius 3 is 2.50 bits per heavy atom. The van der Waals surface area contributed by atoms with Gasteiger partial charge in [0.05, 0.1) is 12.6 Å². The summed E-state index contributed by atoms with van der Waals surface area (Å²) < 4.78 is 0. The third kappa shape index (κ3) is 2.72. The Balaban J connectivity index is 2.36. The highest BCUT2D eigenvalue weighted by Gasteiger charge is 2.22. The molecule has 2 N–H and O–H groups in total. The van der Waals surface area contributed by atoms with Crippen LogP contribution in [0, 0.1) is 12.3 Å². The molecule has 1 aliphatic rings. The molecule has 1 rings (SSSR count). The summed E-state index contributed by atoms with van der Waals surface area (Å²) in [5.41, 5.74) is 5.52. The Bertz CT molecular complexity index is 236. The number of terminal acetylenes is 1. The van der Waals surface area contributed by atoms with Crippen LogP contribution in [-0.4, -0.2) is 54.5 Å². The van der Waals surface area contributed by atoms with Crippen molar-refractivity contribution in [3.8, 4) is 12.3 Å². The summed E-state index contributed by atoms with van der Waals surface area (Å²) in [6, 6.07) is -0.394.